The van der Waals surface area contributed by atoms with E-state index in [1.807, 2.05) is 38.1 Å². The molecule has 1 heterocycles. The van der Waals surface area contributed by atoms with E-state index in [0.29, 0.717) is 11.3 Å². The zero-order valence-corrected chi connectivity index (χ0v) is 16.4. The lowest BCUT2D eigenvalue weighted by molar-refractivity contribution is 0.0939. The molecule has 0 saturated heterocycles. The molecule has 0 saturated carbocycles. The van der Waals surface area contributed by atoms with Crippen molar-refractivity contribution in [2.75, 3.05) is 4.72 Å². The smallest absolute Gasteiger partial charge is 0.261 e. The van der Waals surface area contributed by atoms with Crippen LogP contribution in [0.1, 0.15) is 34.5 Å². The summed E-state index contributed by atoms with van der Waals surface area (Å²) in [7, 11) is -3.73. The molecule has 1 aromatic heterocycles. The normalized spacial score (nSPS) is 12.2. The van der Waals surface area contributed by atoms with Crippen molar-refractivity contribution >= 4 is 21.6 Å². The second-order valence-corrected chi connectivity index (χ2v) is 8.10. The average Bonchev–Trinajstić information content (AvgIpc) is 2.70. The highest BCUT2D eigenvalue weighted by molar-refractivity contribution is 7.92. The number of carbonyl (C=O) groups is 1. The molecule has 28 heavy (non-hydrogen) atoms. The highest BCUT2D eigenvalue weighted by Gasteiger charge is 2.17. The van der Waals surface area contributed by atoms with Crippen molar-refractivity contribution in [3.8, 4) is 0 Å². The number of anilines is 1. The van der Waals surface area contributed by atoms with Gasteiger partial charge in [0.1, 0.15) is 0 Å². The third-order valence-electron chi connectivity index (χ3n) is 4.37. The Bertz CT molecular complexity index is 1070. The fourth-order valence-corrected chi connectivity index (χ4v) is 3.82. The Morgan fingerprint density at radius 2 is 1.61 bits per heavy atom. The maximum absolute atomic E-state index is 12.6. The minimum atomic E-state index is -3.73. The van der Waals surface area contributed by atoms with E-state index < -0.39 is 10.0 Å². The Hall–Kier alpha value is -3.19. The summed E-state index contributed by atoms with van der Waals surface area (Å²) in [6, 6.07) is 16.5. The molecule has 1 unspecified atom stereocenters. The zero-order chi connectivity index (χ0) is 20.1. The molecule has 2 aromatic carbocycles. The summed E-state index contributed by atoms with van der Waals surface area (Å²) in [6.07, 6.45) is 3.33. The van der Waals surface area contributed by atoms with Gasteiger partial charge in [-0.3, -0.25) is 14.5 Å². The van der Waals surface area contributed by atoms with Crippen molar-refractivity contribution in [2.45, 2.75) is 24.8 Å². The molecule has 0 bridgehead atoms. The van der Waals surface area contributed by atoms with Crippen LogP contribution in [0.3, 0.4) is 0 Å². The van der Waals surface area contributed by atoms with Gasteiger partial charge in [0, 0.05) is 18.0 Å². The Labute approximate surface area is 164 Å². The number of aromatic nitrogens is 1. The van der Waals surface area contributed by atoms with Crippen LogP contribution >= 0.6 is 0 Å². The minimum absolute atomic E-state index is 0.0921. The summed E-state index contributed by atoms with van der Waals surface area (Å²) in [5, 5.41) is 2.89. The minimum Gasteiger partial charge on any atom is -0.346 e. The second kappa shape index (κ2) is 8.22. The molecule has 3 rings (SSSR count). The zero-order valence-electron chi connectivity index (χ0n) is 15.6. The number of carbonyl (C=O) groups excluding carboxylic acids is 1. The van der Waals surface area contributed by atoms with Gasteiger partial charge in [0.15, 0.2) is 0 Å². The summed E-state index contributed by atoms with van der Waals surface area (Å²) in [6.45, 7) is 3.70. The Morgan fingerprint density at radius 1 is 0.964 bits per heavy atom. The molecule has 6 nitrogen and oxygen atoms in total. The van der Waals surface area contributed by atoms with E-state index in [0.717, 1.165) is 11.1 Å². The summed E-state index contributed by atoms with van der Waals surface area (Å²) in [5.74, 6) is -0.278. The SMILES string of the molecule is Cc1ccccc1NS(=O)(=O)c1ccc(C(=O)NC(C)c2ccncc2)cc1. The predicted molar refractivity (Wildman–Crippen MR) is 109 cm³/mol. The third-order valence-corrected chi connectivity index (χ3v) is 5.75. The topological polar surface area (TPSA) is 88.2 Å². The average molecular weight is 395 g/mol. The maximum atomic E-state index is 12.6. The molecule has 0 aliphatic carbocycles. The standard InChI is InChI=1S/C21H21N3O3S/c1-15-5-3-4-6-20(15)24-28(26,27)19-9-7-18(8-10-19)21(25)23-16(2)17-11-13-22-14-12-17/h3-14,16,24H,1-2H3,(H,23,25). The molecule has 1 atom stereocenters. The van der Waals surface area contributed by atoms with E-state index in [4.69, 9.17) is 0 Å². The van der Waals surface area contributed by atoms with Gasteiger partial charge < -0.3 is 5.32 Å². The number of hydrogen-bond donors (Lipinski definition) is 2. The maximum Gasteiger partial charge on any atom is 0.261 e. The van der Waals surface area contributed by atoms with Crippen molar-refractivity contribution in [3.63, 3.8) is 0 Å². The predicted octanol–water partition coefficient (Wildman–Crippen LogP) is 3.68. The molecule has 7 heteroatoms. The quantitative estimate of drug-likeness (QED) is 0.666. The van der Waals surface area contributed by atoms with Crippen LogP contribution in [0.25, 0.3) is 0 Å². The molecular weight excluding hydrogens is 374 g/mol. The third kappa shape index (κ3) is 4.55. The number of aryl methyl sites for hydroxylation is 1. The van der Waals surface area contributed by atoms with Gasteiger partial charge in [-0.1, -0.05) is 18.2 Å². The lowest BCUT2D eigenvalue weighted by Gasteiger charge is -2.14. The molecule has 0 fully saturated rings. The fourth-order valence-electron chi connectivity index (χ4n) is 2.69. The summed E-state index contributed by atoms with van der Waals surface area (Å²) >= 11 is 0. The fraction of sp³-hybridized carbons (Fsp3) is 0.143. The van der Waals surface area contributed by atoms with Crippen LogP contribution in [0, 0.1) is 6.92 Å². The van der Waals surface area contributed by atoms with Crippen molar-refractivity contribution in [3.05, 3.63) is 89.7 Å². The first-order chi connectivity index (χ1) is 13.4. The van der Waals surface area contributed by atoms with Crippen molar-refractivity contribution in [1.29, 1.82) is 0 Å². The first-order valence-corrected chi connectivity index (χ1v) is 10.2. The van der Waals surface area contributed by atoms with E-state index in [2.05, 4.69) is 15.0 Å². The monoisotopic (exact) mass is 395 g/mol. The number of benzene rings is 2. The van der Waals surface area contributed by atoms with Crippen LogP contribution in [0.5, 0.6) is 0 Å². The van der Waals surface area contributed by atoms with Crippen LogP contribution in [0.4, 0.5) is 5.69 Å². The van der Waals surface area contributed by atoms with E-state index in [9.17, 15) is 13.2 Å². The van der Waals surface area contributed by atoms with E-state index in [1.54, 1.807) is 24.5 Å². The molecular formula is C21H21N3O3S. The molecule has 0 aliphatic rings. The number of nitrogens with zero attached hydrogens (tertiary/aromatic N) is 1. The van der Waals surface area contributed by atoms with Gasteiger partial charge >= 0.3 is 0 Å². The number of sulfonamides is 1. The number of hydrogen-bond acceptors (Lipinski definition) is 4. The summed E-state index contributed by atoms with van der Waals surface area (Å²) < 4.78 is 27.7. The second-order valence-electron chi connectivity index (χ2n) is 6.42. The molecule has 3 aromatic rings. The van der Waals surface area contributed by atoms with Crippen LogP contribution in [0.15, 0.2) is 78.0 Å². The molecule has 144 valence electrons. The molecule has 1 amide bonds. The Morgan fingerprint density at radius 3 is 2.25 bits per heavy atom. The summed E-state index contributed by atoms with van der Waals surface area (Å²) in [5.41, 5.74) is 2.67. The van der Waals surface area contributed by atoms with Gasteiger partial charge in [0.25, 0.3) is 15.9 Å². The first kappa shape index (κ1) is 19.6. The Balaban J connectivity index is 1.72. The largest absolute Gasteiger partial charge is 0.346 e. The van der Waals surface area contributed by atoms with Crippen molar-refractivity contribution in [1.82, 2.24) is 10.3 Å². The number of amides is 1. The van der Waals surface area contributed by atoms with Crippen LogP contribution in [-0.2, 0) is 10.0 Å². The van der Waals surface area contributed by atoms with E-state index in [-0.39, 0.29) is 16.8 Å². The lowest BCUT2D eigenvalue weighted by atomic mass is 10.1. The van der Waals surface area contributed by atoms with E-state index in [1.165, 1.54) is 24.3 Å². The van der Waals surface area contributed by atoms with Crippen LogP contribution in [0.2, 0.25) is 0 Å². The van der Waals surface area contributed by atoms with Crippen LogP contribution in [-0.4, -0.2) is 19.3 Å². The van der Waals surface area contributed by atoms with E-state index >= 15 is 0 Å². The molecule has 0 spiro atoms. The first-order valence-electron chi connectivity index (χ1n) is 8.76. The van der Waals surface area contributed by atoms with Gasteiger partial charge in [-0.15, -0.1) is 0 Å². The van der Waals surface area contributed by atoms with Gasteiger partial charge in [-0.2, -0.15) is 0 Å². The molecule has 2 N–H and O–H groups in total. The highest BCUT2D eigenvalue weighted by Crippen LogP contribution is 2.20. The number of nitrogens with one attached hydrogen (secondary N) is 2. The summed E-state index contributed by atoms with van der Waals surface area (Å²) in [4.78, 5) is 16.5. The number of para-hydroxylation sites is 1. The molecule has 0 radical (unpaired) electrons. The highest BCUT2D eigenvalue weighted by atomic mass is 32.2. The van der Waals surface area contributed by atoms with Gasteiger partial charge in [0.05, 0.1) is 16.6 Å². The molecule has 0 aliphatic heterocycles. The van der Waals surface area contributed by atoms with Crippen LogP contribution < -0.4 is 10.0 Å². The van der Waals surface area contributed by atoms with Crippen molar-refractivity contribution in [2.24, 2.45) is 0 Å². The van der Waals surface area contributed by atoms with Crippen molar-refractivity contribution < 1.29 is 13.2 Å². The Kier molecular flexibility index (Phi) is 5.75. The van der Waals surface area contributed by atoms with Gasteiger partial charge in [0.2, 0.25) is 0 Å². The van der Waals surface area contributed by atoms with Gasteiger partial charge in [-0.25, -0.2) is 8.42 Å². The number of rotatable bonds is 6. The lowest BCUT2D eigenvalue weighted by Crippen LogP contribution is -2.26. The van der Waals surface area contributed by atoms with Gasteiger partial charge in [-0.05, 0) is 67.4 Å². The number of pyridine rings is 1.